The van der Waals surface area contributed by atoms with Gasteiger partial charge in [-0.1, -0.05) is 40.0 Å². The first-order valence-corrected chi connectivity index (χ1v) is 26.0. The Kier molecular flexibility index (Phi) is 18.8. The van der Waals surface area contributed by atoms with Crippen molar-refractivity contribution in [3.63, 3.8) is 0 Å². The Morgan fingerprint density at radius 3 is 2.28 bits per heavy atom. The molecule has 0 aliphatic carbocycles. The molecule has 0 radical (unpaired) electrons. The van der Waals surface area contributed by atoms with E-state index < -0.39 is 174 Å². The van der Waals surface area contributed by atoms with E-state index in [1.165, 1.54) is 24.0 Å². The second-order valence-corrected chi connectivity index (χ2v) is 21.0. The summed E-state index contributed by atoms with van der Waals surface area (Å²) in [5, 5.41) is 45.8. The van der Waals surface area contributed by atoms with Gasteiger partial charge in [0.2, 0.25) is 41.2 Å². The van der Waals surface area contributed by atoms with Crippen LogP contribution in [0.5, 0.6) is 5.75 Å². The molecule has 4 aliphatic heterocycles. The fraction of sp³-hybridized carbons (Fsp3) is 0.646. The molecule has 1 aromatic heterocycles. The molecule has 0 spiro atoms. The third-order valence-electron chi connectivity index (χ3n) is 14.5. The molecular weight excluding hydrogens is 959 g/mol. The number of ether oxygens (including phenoxy) is 1. The highest BCUT2D eigenvalue weighted by Gasteiger charge is 2.56. The lowest BCUT2D eigenvalue weighted by Crippen LogP contribution is -2.65. The average molecular weight is 1030 g/mol. The summed E-state index contributed by atoms with van der Waals surface area (Å²) in [7, 11) is -2.28. The number of benzene rings is 1. The van der Waals surface area contributed by atoms with Gasteiger partial charge < -0.3 is 63.1 Å². The van der Waals surface area contributed by atoms with Crippen LogP contribution in [0.2, 0.25) is 0 Å². The van der Waals surface area contributed by atoms with E-state index >= 15 is 4.79 Å². The zero-order valence-electron chi connectivity index (χ0n) is 40.9. The fourth-order valence-electron chi connectivity index (χ4n) is 10.2. The number of aromatic amines is 1. The van der Waals surface area contributed by atoms with Crippen LogP contribution in [0.15, 0.2) is 23.2 Å². The Morgan fingerprint density at radius 1 is 0.903 bits per heavy atom. The van der Waals surface area contributed by atoms with E-state index in [1.54, 1.807) is 19.9 Å². The molecule has 0 saturated carbocycles. The van der Waals surface area contributed by atoms with Gasteiger partial charge in [0.25, 0.3) is 0 Å². The Labute approximate surface area is 418 Å². The topological polar surface area (TPSA) is 372 Å². The molecule has 5 heterocycles. The number of carbonyl (C=O) groups excluding carboxylic acids is 9. The summed E-state index contributed by atoms with van der Waals surface area (Å²) in [4.78, 5) is 133. The van der Waals surface area contributed by atoms with Crippen LogP contribution in [0.3, 0.4) is 0 Å². The number of H-pyrrole nitrogens is 1. The average Bonchev–Trinajstić information content (AvgIpc) is 3.92. The predicted octanol–water partition coefficient (Wildman–Crippen LogP) is -2.40. The van der Waals surface area contributed by atoms with Gasteiger partial charge >= 0.3 is 0 Å². The molecule has 3 unspecified atom stereocenters. The molecule has 23 nitrogen and oxygen atoms in total. The van der Waals surface area contributed by atoms with Crippen LogP contribution in [-0.4, -0.2) is 163 Å². The van der Waals surface area contributed by atoms with Crippen LogP contribution in [-0.2, 0) is 60.4 Å². The summed E-state index contributed by atoms with van der Waals surface area (Å²) in [6, 6.07) is -1.38. The number of amides is 6. The number of aliphatic hydroxyl groups excluding tert-OH is 3. The number of ketones is 3. The monoisotopic (exact) mass is 1030 g/mol. The minimum Gasteiger partial charge on any atom is -0.465 e. The summed E-state index contributed by atoms with van der Waals surface area (Å²) in [5.41, 5.74) is 9.81. The second-order valence-electron chi connectivity index (χ2n) is 19.6. The zero-order valence-corrected chi connectivity index (χ0v) is 41.7. The SMILES string of the molecule is CC[C@H](C)[C@@H]1NC(=O)CNC(=O)[C@@H]2CC(=O)[C@H]([C@@H](C)[C@@H](O)CO)NC(=O)[C@@H]3CC(O)CN3C3(CCCCCCN)Oc4ccc5c(c([nH]c5c4)[S@](=O)CC(NC(=O)CNC1=O)C(=O)C[C@@H](CC(N)=O)C3=O)C2. The van der Waals surface area contributed by atoms with Crippen LogP contribution in [0.4, 0.5) is 0 Å². The summed E-state index contributed by atoms with van der Waals surface area (Å²) in [6.45, 7) is 2.61. The molecule has 72 heavy (non-hydrogen) atoms. The lowest BCUT2D eigenvalue weighted by molar-refractivity contribution is -0.168. The van der Waals surface area contributed by atoms with Crippen molar-refractivity contribution in [3.8, 4) is 5.75 Å². The van der Waals surface area contributed by atoms with Crippen LogP contribution in [0, 0.1) is 23.7 Å². The minimum atomic E-state index is -2.28. The Morgan fingerprint density at radius 2 is 1.60 bits per heavy atom. The zero-order chi connectivity index (χ0) is 52.6. The van der Waals surface area contributed by atoms with Crippen LogP contribution in [0.25, 0.3) is 10.9 Å². The number of Topliss-reactive ketones (excluding diaryl/α,β-unsaturated/α-hetero) is 3. The van der Waals surface area contributed by atoms with Crippen LogP contribution < -0.4 is 42.8 Å². The van der Waals surface area contributed by atoms with Crippen molar-refractivity contribution in [2.45, 2.75) is 139 Å². The number of rotatable bonds is 13. The Bertz CT molecular complexity index is 2430. The highest BCUT2D eigenvalue weighted by molar-refractivity contribution is 7.85. The van der Waals surface area contributed by atoms with E-state index in [0.29, 0.717) is 37.6 Å². The van der Waals surface area contributed by atoms with E-state index in [4.69, 9.17) is 16.2 Å². The van der Waals surface area contributed by atoms with Crippen molar-refractivity contribution < 1.29 is 67.4 Å². The lowest BCUT2D eigenvalue weighted by Gasteiger charge is -2.45. The number of primary amides is 1. The molecule has 24 heteroatoms. The van der Waals surface area contributed by atoms with Gasteiger partial charge in [0, 0.05) is 61.4 Å². The number of hydrogen-bond donors (Lipinski definition) is 11. The number of aromatic nitrogens is 1. The number of nitrogens with two attached hydrogens (primary N) is 2. The maximum atomic E-state index is 15.9. The number of aliphatic hydroxyl groups is 3. The summed E-state index contributed by atoms with van der Waals surface area (Å²) in [5.74, 6) is -13.2. The molecule has 1 saturated heterocycles. The number of nitrogens with zero attached hydrogens (tertiary/aromatic N) is 1. The van der Waals surface area contributed by atoms with Crippen LogP contribution in [0.1, 0.15) is 90.5 Å². The summed E-state index contributed by atoms with van der Waals surface area (Å²) >= 11 is 0. The molecule has 4 aliphatic rings. The van der Waals surface area contributed by atoms with Gasteiger partial charge in [-0.05, 0) is 55.8 Å². The first-order valence-electron chi connectivity index (χ1n) is 24.7. The molecular formula is C48H69N9O14S. The van der Waals surface area contributed by atoms with E-state index in [9.17, 15) is 57.9 Å². The highest BCUT2D eigenvalue weighted by atomic mass is 32.2. The molecule has 396 valence electrons. The van der Waals surface area contributed by atoms with Crippen molar-refractivity contribution >= 4 is 74.5 Å². The first kappa shape index (κ1) is 55.7. The van der Waals surface area contributed by atoms with Crippen LogP contribution >= 0.6 is 0 Å². The van der Waals surface area contributed by atoms with Gasteiger partial charge in [-0.15, -0.1) is 0 Å². The normalized spacial score (nSPS) is 29.7. The van der Waals surface area contributed by atoms with Gasteiger partial charge in [-0.3, -0.25) is 47.4 Å². The summed E-state index contributed by atoms with van der Waals surface area (Å²) < 4.78 is 21.8. The molecule has 2 aromatic rings. The predicted molar refractivity (Wildman–Crippen MR) is 258 cm³/mol. The molecule has 6 rings (SSSR count). The van der Waals surface area contributed by atoms with Crippen molar-refractivity contribution in [1.82, 2.24) is 36.5 Å². The maximum absolute atomic E-state index is 15.9. The standard InChI is InChI=1S/C48H69N9O14S/c1-4-24(2)41-46(69)52-19-39(64)53-33-23-72(70)47-31-13-27(44(67)51-20-40(65)55-41)15-36(61)42(25(3)37(62)22-58)56-45(68)34-17-28(59)21-57(34)48(11-7-5-6-8-12-49,43(66)26(14-35(33)60)16-38(50)63)71-29-9-10-30(31)32(18-29)54-47/h9-10,18,24-28,33-34,37,41-42,54,58-59,62H,4-8,11-17,19-23,49H2,1-3H3,(H2,50,63)(H,51,67)(H,52,69)(H,53,64)(H,55,65)(H,56,68)/t24-,25-,26-,27-,28?,33?,34-,37-,41-,42-,48?,72+/m0/s1. The van der Waals surface area contributed by atoms with Crippen molar-refractivity contribution in [2.24, 2.45) is 35.1 Å². The smallest absolute Gasteiger partial charge is 0.243 e. The lowest BCUT2D eigenvalue weighted by atomic mass is 9.82. The van der Waals surface area contributed by atoms with Crippen molar-refractivity contribution in [2.75, 3.05) is 38.5 Å². The van der Waals surface area contributed by atoms with Gasteiger partial charge in [0.1, 0.15) is 16.8 Å². The van der Waals surface area contributed by atoms with E-state index in [-0.39, 0.29) is 54.1 Å². The summed E-state index contributed by atoms with van der Waals surface area (Å²) in [6.07, 6.45) is -3.59. The molecule has 6 amide bonds. The molecule has 1 aromatic carbocycles. The van der Waals surface area contributed by atoms with Gasteiger partial charge in [-0.2, -0.15) is 0 Å². The number of nitrogens with one attached hydrogen (secondary N) is 6. The molecule has 1 fully saturated rings. The molecule has 13 N–H and O–H groups in total. The Balaban J connectivity index is 1.67. The second kappa shape index (κ2) is 24.4. The van der Waals surface area contributed by atoms with E-state index in [0.717, 1.165) is 0 Å². The van der Waals surface area contributed by atoms with Crippen molar-refractivity contribution in [3.05, 3.63) is 23.8 Å². The maximum Gasteiger partial charge on any atom is 0.243 e. The first-order chi connectivity index (χ1) is 34.2. The Hall–Kier alpha value is -5.66. The molecule has 12 atom stereocenters. The third kappa shape index (κ3) is 12.7. The molecule has 8 bridgehead atoms. The largest absolute Gasteiger partial charge is 0.465 e. The van der Waals surface area contributed by atoms with E-state index in [2.05, 4.69) is 31.6 Å². The quantitative estimate of drug-likeness (QED) is 0.0932. The number of unbranched alkanes of at least 4 members (excludes halogenated alkanes) is 3. The van der Waals surface area contributed by atoms with Gasteiger partial charge in [0.05, 0.1) is 72.1 Å². The van der Waals surface area contributed by atoms with Crippen molar-refractivity contribution in [1.29, 1.82) is 0 Å². The third-order valence-corrected chi connectivity index (χ3v) is 15.9. The number of hydrogen-bond acceptors (Lipinski definition) is 16. The fourth-order valence-corrected chi connectivity index (χ4v) is 11.6. The minimum absolute atomic E-state index is 0.0262. The van der Waals surface area contributed by atoms with Gasteiger partial charge in [-0.25, -0.2) is 4.90 Å². The number of fused-ring (bicyclic) bond motifs is 7. The highest BCUT2D eigenvalue weighted by Crippen LogP contribution is 2.41. The van der Waals surface area contributed by atoms with E-state index in [1.807, 2.05) is 0 Å². The van der Waals surface area contributed by atoms with Gasteiger partial charge in [0.15, 0.2) is 17.3 Å². The number of carbonyl (C=O) groups is 9.